The van der Waals surface area contributed by atoms with Gasteiger partial charge in [-0.1, -0.05) is 45.2 Å². The maximum atomic E-state index is 6.37. The van der Waals surface area contributed by atoms with Gasteiger partial charge in [0.15, 0.2) is 0 Å². The zero-order chi connectivity index (χ0) is 12.7. The molecule has 0 spiro atoms. The molecule has 0 saturated carbocycles. The second-order valence-electron chi connectivity index (χ2n) is 4.72. The summed E-state index contributed by atoms with van der Waals surface area (Å²) in [5.74, 6) is 0.545. The molecule has 0 aliphatic carbocycles. The Morgan fingerprint density at radius 2 is 2.06 bits per heavy atom. The van der Waals surface area contributed by atoms with Crippen LogP contribution < -0.4 is 5.73 Å². The number of rotatable bonds is 8. The predicted octanol–water partition coefficient (Wildman–Crippen LogP) is 2.90. The molecule has 0 radical (unpaired) electrons. The Hall–Kier alpha value is -0.900. The van der Waals surface area contributed by atoms with Gasteiger partial charge in [-0.05, 0) is 18.8 Å². The lowest BCUT2D eigenvalue weighted by atomic mass is 9.90. The van der Waals surface area contributed by atoms with Crippen LogP contribution in [0.4, 0.5) is 0 Å². The highest BCUT2D eigenvalue weighted by molar-refractivity contribution is 5.03. The highest BCUT2D eigenvalue weighted by Crippen LogP contribution is 2.26. The second-order valence-corrected chi connectivity index (χ2v) is 4.72. The van der Waals surface area contributed by atoms with Gasteiger partial charge < -0.3 is 5.73 Å². The summed E-state index contributed by atoms with van der Waals surface area (Å²) >= 11 is 0. The quantitative estimate of drug-likeness (QED) is 0.757. The summed E-state index contributed by atoms with van der Waals surface area (Å²) in [5, 5.41) is 8.10. The van der Waals surface area contributed by atoms with Crippen LogP contribution in [0.3, 0.4) is 0 Å². The number of nitrogens with two attached hydrogens (primary N) is 1. The van der Waals surface area contributed by atoms with E-state index in [2.05, 4.69) is 31.1 Å². The fourth-order valence-corrected chi connectivity index (χ4v) is 2.25. The third-order valence-electron chi connectivity index (χ3n) is 3.39. The maximum Gasteiger partial charge on any atom is 0.0757 e. The summed E-state index contributed by atoms with van der Waals surface area (Å²) in [6.45, 7) is 7.49. The second kappa shape index (κ2) is 7.43. The van der Waals surface area contributed by atoms with Crippen molar-refractivity contribution in [1.29, 1.82) is 0 Å². The van der Waals surface area contributed by atoms with Crippen molar-refractivity contribution in [3.05, 3.63) is 11.9 Å². The van der Waals surface area contributed by atoms with E-state index in [4.69, 9.17) is 5.73 Å². The molecule has 0 bridgehead atoms. The van der Waals surface area contributed by atoms with E-state index in [1.807, 2.05) is 10.9 Å². The van der Waals surface area contributed by atoms with Gasteiger partial charge in [0.25, 0.3) is 0 Å². The fraction of sp³-hybridized carbons (Fsp3) is 0.846. The normalized spacial score (nSPS) is 14.8. The number of hydrogen-bond acceptors (Lipinski definition) is 3. The minimum atomic E-state index is 0.0769. The molecule has 17 heavy (non-hydrogen) atoms. The lowest BCUT2D eigenvalue weighted by molar-refractivity contribution is 0.358. The van der Waals surface area contributed by atoms with Gasteiger partial charge in [0.05, 0.1) is 17.9 Å². The van der Waals surface area contributed by atoms with Crippen LogP contribution in [0.25, 0.3) is 0 Å². The summed E-state index contributed by atoms with van der Waals surface area (Å²) in [6, 6.07) is 0.0769. The Bertz CT molecular complexity index is 308. The molecule has 0 fully saturated rings. The van der Waals surface area contributed by atoms with Gasteiger partial charge >= 0.3 is 0 Å². The van der Waals surface area contributed by atoms with Crippen molar-refractivity contribution in [2.24, 2.45) is 11.7 Å². The molecule has 4 heteroatoms. The molecule has 4 nitrogen and oxygen atoms in total. The lowest BCUT2D eigenvalue weighted by Crippen LogP contribution is -2.24. The van der Waals surface area contributed by atoms with E-state index in [1.54, 1.807) is 0 Å². The third kappa shape index (κ3) is 3.80. The zero-order valence-corrected chi connectivity index (χ0v) is 11.4. The van der Waals surface area contributed by atoms with E-state index in [0.29, 0.717) is 5.92 Å². The van der Waals surface area contributed by atoms with Crippen molar-refractivity contribution in [2.75, 3.05) is 0 Å². The van der Waals surface area contributed by atoms with Crippen molar-refractivity contribution in [3.8, 4) is 0 Å². The molecule has 1 aromatic heterocycles. The summed E-state index contributed by atoms with van der Waals surface area (Å²) in [5.41, 5.74) is 7.46. The van der Waals surface area contributed by atoms with Crippen LogP contribution in [0, 0.1) is 5.92 Å². The van der Waals surface area contributed by atoms with Gasteiger partial charge in [-0.2, -0.15) is 0 Å². The van der Waals surface area contributed by atoms with Crippen molar-refractivity contribution in [2.45, 2.75) is 65.5 Å². The smallest absolute Gasteiger partial charge is 0.0757 e. The Balaban J connectivity index is 2.70. The first-order valence-corrected chi connectivity index (χ1v) is 6.88. The van der Waals surface area contributed by atoms with Gasteiger partial charge in [0, 0.05) is 6.54 Å². The Morgan fingerprint density at radius 3 is 2.65 bits per heavy atom. The fourth-order valence-electron chi connectivity index (χ4n) is 2.25. The van der Waals surface area contributed by atoms with Crippen LogP contribution in [0.15, 0.2) is 6.20 Å². The molecule has 0 aliphatic heterocycles. The first-order valence-electron chi connectivity index (χ1n) is 6.88. The van der Waals surface area contributed by atoms with E-state index in [-0.39, 0.29) is 6.04 Å². The van der Waals surface area contributed by atoms with Crippen LogP contribution in [-0.4, -0.2) is 15.0 Å². The molecule has 2 atom stereocenters. The maximum absolute atomic E-state index is 6.37. The van der Waals surface area contributed by atoms with Crippen molar-refractivity contribution in [3.63, 3.8) is 0 Å². The summed E-state index contributed by atoms with van der Waals surface area (Å²) < 4.78 is 1.96. The van der Waals surface area contributed by atoms with Crippen molar-refractivity contribution >= 4 is 0 Å². The van der Waals surface area contributed by atoms with E-state index in [1.165, 1.54) is 19.3 Å². The molecule has 2 N–H and O–H groups in total. The molecular formula is C13H26N4. The topological polar surface area (TPSA) is 56.7 Å². The van der Waals surface area contributed by atoms with Crippen LogP contribution in [-0.2, 0) is 6.54 Å². The van der Waals surface area contributed by atoms with E-state index in [9.17, 15) is 0 Å². The Kier molecular flexibility index (Phi) is 6.19. The SMILES string of the molecule is CCCCC(CC)C(N)c1cnnn1CCC. The lowest BCUT2D eigenvalue weighted by Gasteiger charge is -2.22. The van der Waals surface area contributed by atoms with Gasteiger partial charge in [0.1, 0.15) is 0 Å². The minimum absolute atomic E-state index is 0.0769. The average Bonchev–Trinajstić information content (AvgIpc) is 2.78. The van der Waals surface area contributed by atoms with Crippen LogP contribution in [0.5, 0.6) is 0 Å². The summed E-state index contributed by atoms with van der Waals surface area (Å²) in [4.78, 5) is 0. The highest BCUT2D eigenvalue weighted by Gasteiger charge is 2.21. The number of hydrogen-bond donors (Lipinski definition) is 1. The van der Waals surface area contributed by atoms with Gasteiger partial charge in [0.2, 0.25) is 0 Å². The molecule has 1 heterocycles. The van der Waals surface area contributed by atoms with Crippen LogP contribution in [0.1, 0.15) is 64.6 Å². The molecule has 1 rings (SSSR count). The monoisotopic (exact) mass is 238 g/mol. The number of aryl methyl sites for hydroxylation is 1. The van der Waals surface area contributed by atoms with E-state index >= 15 is 0 Å². The zero-order valence-electron chi connectivity index (χ0n) is 11.4. The number of unbranched alkanes of at least 4 members (excludes halogenated alkanes) is 1. The van der Waals surface area contributed by atoms with Gasteiger partial charge in [-0.25, -0.2) is 4.68 Å². The first-order chi connectivity index (χ1) is 8.24. The van der Waals surface area contributed by atoms with Crippen LogP contribution >= 0.6 is 0 Å². The van der Waals surface area contributed by atoms with Crippen LogP contribution in [0.2, 0.25) is 0 Å². The molecule has 98 valence electrons. The predicted molar refractivity (Wildman–Crippen MR) is 70.5 cm³/mol. The van der Waals surface area contributed by atoms with Crippen molar-refractivity contribution < 1.29 is 0 Å². The summed E-state index contributed by atoms with van der Waals surface area (Å²) in [7, 11) is 0. The van der Waals surface area contributed by atoms with Crippen molar-refractivity contribution in [1.82, 2.24) is 15.0 Å². The average molecular weight is 238 g/mol. The molecule has 0 aliphatic rings. The van der Waals surface area contributed by atoms with Gasteiger partial charge in [-0.3, -0.25) is 0 Å². The largest absolute Gasteiger partial charge is 0.322 e. The van der Waals surface area contributed by atoms with E-state index in [0.717, 1.165) is 25.1 Å². The molecule has 0 amide bonds. The number of aromatic nitrogens is 3. The standard InChI is InChI=1S/C13H26N4/c1-4-7-8-11(6-3)13(14)12-10-15-16-17(12)9-5-2/h10-11,13H,4-9,14H2,1-3H3. The van der Waals surface area contributed by atoms with Gasteiger partial charge in [-0.15, -0.1) is 5.10 Å². The highest BCUT2D eigenvalue weighted by atomic mass is 15.4. The third-order valence-corrected chi connectivity index (χ3v) is 3.39. The molecular weight excluding hydrogens is 212 g/mol. The first kappa shape index (κ1) is 14.2. The summed E-state index contributed by atoms with van der Waals surface area (Å²) in [6.07, 6.45) is 7.70. The molecule has 2 unspecified atom stereocenters. The molecule has 0 saturated heterocycles. The Morgan fingerprint density at radius 1 is 1.29 bits per heavy atom. The van der Waals surface area contributed by atoms with E-state index < -0.39 is 0 Å². The molecule has 1 aromatic rings. The molecule has 0 aromatic carbocycles. The Labute approximate surface area is 105 Å². The minimum Gasteiger partial charge on any atom is -0.322 e. The number of nitrogens with zero attached hydrogens (tertiary/aromatic N) is 3.